The Morgan fingerprint density at radius 2 is 2.11 bits per heavy atom. The number of benzene rings is 1. The van der Waals surface area contributed by atoms with Crippen molar-refractivity contribution in [2.24, 2.45) is 0 Å². The lowest BCUT2D eigenvalue weighted by molar-refractivity contribution is -0.117. The van der Waals surface area contributed by atoms with Crippen LogP contribution in [0.1, 0.15) is 32.8 Å². The molecular weight excluding hydrogens is 260 g/mol. The van der Waals surface area contributed by atoms with Gasteiger partial charge in [-0.25, -0.2) is 0 Å². The second-order valence-electron chi connectivity index (χ2n) is 6.03. The van der Waals surface area contributed by atoms with Gasteiger partial charge in [0, 0.05) is 22.8 Å². The van der Waals surface area contributed by atoms with E-state index in [4.69, 9.17) is 11.6 Å². The van der Waals surface area contributed by atoms with Gasteiger partial charge in [0.1, 0.15) is 0 Å². The Balaban J connectivity index is 1.95. The van der Waals surface area contributed by atoms with Gasteiger partial charge in [-0.15, -0.1) is 0 Å². The first-order valence-corrected chi connectivity index (χ1v) is 7.08. The first-order valence-electron chi connectivity index (χ1n) is 6.71. The minimum absolute atomic E-state index is 0.121. The monoisotopic (exact) mass is 280 g/mol. The predicted octanol–water partition coefficient (Wildman–Crippen LogP) is 3.01. The maximum atomic E-state index is 12.0. The maximum Gasteiger partial charge on any atom is 0.231 e. The maximum absolute atomic E-state index is 12.0. The predicted molar refractivity (Wildman–Crippen MR) is 79.9 cm³/mol. The van der Waals surface area contributed by atoms with Gasteiger partial charge in [-0.05, 0) is 51.4 Å². The van der Waals surface area contributed by atoms with Gasteiger partial charge >= 0.3 is 0 Å². The van der Waals surface area contributed by atoms with E-state index in [0.29, 0.717) is 11.4 Å². The average molecular weight is 281 g/mol. The molecule has 0 saturated carbocycles. The number of halogens is 1. The zero-order chi connectivity index (χ0) is 14.0. The number of hydrogen-bond donors (Lipinski definition) is 1. The molecule has 0 atom stereocenters. The van der Waals surface area contributed by atoms with Crippen molar-refractivity contribution in [3.8, 4) is 0 Å². The van der Waals surface area contributed by atoms with Crippen LogP contribution in [0.3, 0.4) is 0 Å². The van der Waals surface area contributed by atoms with E-state index in [1.165, 1.54) is 0 Å². The molecule has 1 aliphatic heterocycles. The summed E-state index contributed by atoms with van der Waals surface area (Å²) >= 11 is 6.01. The number of anilines is 1. The molecule has 1 amide bonds. The molecule has 19 heavy (non-hydrogen) atoms. The summed E-state index contributed by atoms with van der Waals surface area (Å²) in [5.74, 6) is 0.174. The Kier molecular flexibility index (Phi) is 4.16. The molecule has 0 spiro atoms. The van der Waals surface area contributed by atoms with Crippen LogP contribution in [0.4, 0.5) is 5.69 Å². The Morgan fingerprint density at radius 3 is 2.79 bits per heavy atom. The van der Waals surface area contributed by atoms with Gasteiger partial charge in [0.2, 0.25) is 5.91 Å². The van der Waals surface area contributed by atoms with Gasteiger partial charge in [-0.3, -0.25) is 4.79 Å². The Bertz CT molecular complexity index is 480. The van der Waals surface area contributed by atoms with Crippen molar-refractivity contribution in [2.45, 2.75) is 39.2 Å². The third kappa shape index (κ3) is 3.71. The van der Waals surface area contributed by atoms with Crippen LogP contribution in [0.25, 0.3) is 0 Å². The smallest absolute Gasteiger partial charge is 0.231 e. The van der Waals surface area contributed by atoms with Gasteiger partial charge < -0.3 is 10.2 Å². The summed E-state index contributed by atoms with van der Waals surface area (Å²) < 4.78 is 0. The zero-order valence-electron chi connectivity index (χ0n) is 11.8. The number of carbonyl (C=O) groups is 1. The van der Waals surface area contributed by atoms with E-state index in [2.05, 4.69) is 26.1 Å². The fourth-order valence-electron chi connectivity index (χ4n) is 2.28. The normalized spacial score (nSPS) is 14.9. The summed E-state index contributed by atoms with van der Waals surface area (Å²) in [5, 5.41) is 4.12. The van der Waals surface area contributed by atoms with Crippen molar-refractivity contribution in [1.82, 2.24) is 5.32 Å². The van der Waals surface area contributed by atoms with Crippen LogP contribution < -0.4 is 10.2 Å². The standard InChI is InChI=1S/C15H21ClN2O/c1-15(2,3)17-7-4-8-18-13-10-12(16)6-5-11(13)9-14(18)19/h5-6,10,17H,4,7-9H2,1-3H3. The van der Waals surface area contributed by atoms with E-state index in [0.717, 1.165) is 30.8 Å². The Hall–Kier alpha value is -1.06. The van der Waals surface area contributed by atoms with E-state index in [1.54, 1.807) is 0 Å². The van der Waals surface area contributed by atoms with Gasteiger partial charge in [-0.1, -0.05) is 17.7 Å². The zero-order valence-corrected chi connectivity index (χ0v) is 12.5. The van der Waals surface area contributed by atoms with Crippen LogP contribution in [0.5, 0.6) is 0 Å². The molecule has 104 valence electrons. The van der Waals surface area contributed by atoms with Crippen LogP contribution in [-0.4, -0.2) is 24.5 Å². The lowest BCUT2D eigenvalue weighted by Gasteiger charge is -2.22. The number of carbonyl (C=O) groups excluding carboxylic acids is 1. The molecule has 1 aromatic carbocycles. The topological polar surface area (TPSA) is 32.3 Å². The summed E-state index contributed by atoms with van der Waals surface area (Å²) in [6, 6.07) is 5.68. The molecule has 4 heteroatoms. The van der Waals surface area contributed by atoms with E-state index in [9.17, 15) is 4.79 Å². The highest BCUT2D eigenvalue weighted by Gasteiger charge is 2.26. The molecule has 1 aliphatic rings. The Morgan fingerprint density at radius 1 is 1.37 bits per heavy atom. The van der Waals surface area contributed by atoms with Crippen LogP contribution in [-0.2, 0) is 11.2 Å². The third-order valence-corrected chi connectivity index (χ3v) is 3.43. The highest BCUT2D eigenvalue weighted by molar-refractivity contribution is 6.31. The molecule has 1 heterocycles. The van der Waals surface area contributed by atoms with Gasteiger partial charge in [0.05, 0.1) is 6.42 Å². The molecule has 0 aromatic heterocycles. The summed E-state index contributed by atoms with van der Waals surface area (Å²) in [7, 11) is 0. The highest BCUT2D eigenvalue weighted by Crippen LogP contribution is 2.31. The first-order chi connectivity index (χ1) is 8.87. The molecule has 0 radical (unpaired) electrons. The molecular formula is C15H21ClN2O. The number of nitrogens with zero attached hydrogens (tertiary/aromatic N) is 1. The SMILES string of the molecule is CC(C)(C)NCCCN1C(=O)Cc2ccc(Cl)cc21. The molecule has 0 aliphatic carbocycles. The highest BCUT2D eigenvalue weighted by atomic mass is 35.5. The van der Waals surface area contributed by atoms with Crippen molar-refractivity contribution in [1.29, 1.82) is 0 Å². The second kappa shape index (κ2) is 5.51. The minimum atomic E-state index is 0.121. The van der Waals surface area contributed by atoms with Gasteiger partial charge in [0.25, 0.3) is 0 Å². The van der Waals surface area contributed by atoms with Crippen molar-refractivity contribution < 1.29 is 4.79 Å². The summed E-state index contributed by atoms with van der Waals surface area (Å²) in [6.07, 6.45) is 1.44. The number of fused-ring (bicyclic) bond motifs is 1. The quantitative estimate of drug-likeness (QED) is 0.860. The fraction of sp³-hybridized carbons (Fsp3) is 0.533. The molecule has 0 saturated heterocycles. The minimum Gasteiger partial charge on any atom is -0.312 e. The third-order valence-electron chi connectivity index (χ3n) is 3.19. The van der Waals surface area contributed by atoms with Crippen molar-refractivity contribution in [3.05, 3.63) is 28.8 Å². The van der Waals surface area contributed by atoms with Gasteiger partial charge in [0.15, 0.2) is 0 Å². The lowest BCUT2D eigenvalue weighted by atomic mass is 10.1. The van der Waals surface area contributed by atoms with Crippen molar-refractivity contribution in [3.63, 3.8) is 0 Å². The van der Waals surface area contributed by atoms with E-state index < -0.39 is 0 Å². The lowest BCUT2D eigenvalue weighted by Crippen LogP contribution is -2.38. The summed E-state index contributed by atoms with van der Waals surface area (Å²) in [4.78, 5) is 13.8. The van der Waals surface area contributed by atoms with E-state index >= 15 is 0 Å². The van der Waals surface area contributed by atoms with Gasteiger partial charge in [-0.2, -0.15) is 0 Å². The van der Waals surface area contributed by atoms with Crippen LogP contribution in [0, 0.1) is 0 Å². The summed E-state index contributed by atoms with van der Waals surface area (Å²) in [6.45, 7) is 8.08. The summed E-state index contributed by atoms with van der Waals surface area (Å²) in [5.41, 5.74) is 2.18. The van der Waals surface area contributed by atoms with E-state index in [1.807, 2.05) is 23.1 Å². The average Bonchev–Trinajstić information content (AvgIpc) is 2.59. The van der Waals surface area contributed by atoms with E-state index in [-0.39, 0.29) is 11.4 Å². The molecule has 0 fully saturated rings. The first kappa shape index (κ1) is 14.4. The molecule has 1 N–H and O–H groups in total. The second-order valence-corrected chi connectivity index (χ2v) is 6.46. The molecule has 1 aromatic rings. The molecule has 3 nitrogen and oxygen atoms in total. The number of nitrogens with one attached hydrogen (secondary N) is 1. The number of rotatable bonds is 4. The molecule has 2 rings (SSSR count). The molecule has 0 unspecified atom stereocenters. The Labute approximate surface area is 119 Å². The molecule has 0 bridgehead atoms. The number of amides is 1. The number of hydrogen-bond acceptors (Lipinski definition) is 2. The fourth-order valence-corrected chi connectivity index (χ4v) is 2.44. The van der Waals surface area contributed by atoms with Crippen molar-refractivity contribution in [2.75, 3.05) is 18.0 Å². The van der Waals surface area contributed by atoms with Crippen LogP contribution in [0.15, 0.2) is 18.2 Å². The van der Waals surface area contributed by atoms with Crippen molar-refractivity contribution >= 4 is 23.2 Å². The van der Waals surface area contributed by atoms with Crippen LogP contribution in [0.2, 0.25) is 5.02 Å². The van der Waals surface area contributed by atoms with Crippen LogP contribution >= 0.6 is 11.6 Å². The largest absolute Gasteiger partial charge is 0.312 e.